The molecule has 2 heterocycles. The topological polar surface area (TPSA) is 89.1 Å². The highest BCUT2D eigenvalue weighted by Gasteiger charge is 2.26. The Kier molecular flexibility index (Phi) is 6.25. The molecule has 0 aliphatic heterocycles. The van der Waals surface area contributed by atoms with Gasteiger partial charge in [-0.25, -0.2) is 14.6 Å². The number of carbonyl (C=O) groups is 2. The number of carboxylic acid groups (broad SMARTS) is 1. The Morgan fingerprint density at radius 3 is 2.81 bits per heavy atom. The van der Waals surface area contributed by atoms with Gasteiger partial charge in [-0.2, -0.15) is 0 Å². The summed E-state index contributed by atoms with van der Waals surface area (Å²) in [6.07, 6.45) is 5.58. The van der Waals surface area contributed by atoms with E-state index in [0.29, 0.717) is 34.3 Å². The summed E-state index contributed by atoms with van der Waals surface area (Å²) < 4.78 is 11.1. The zero-order valence-corrected chi connectivity index (χ0v) is 18.4. The third-order valence-electron chi connectivity index (χ3n) is 5.05. The maximum absolute atomic E-state index is 12.5. The Labute approximate surface area is 188 Å². The van der Waals surface area contributed by atoms with Crippen molar-refractivity contribution in [3.63, 3.8) is 0 Å². The van der Waals surface area contributed by atoms with Crippen molar-refractivity contribution in [2.45, 2.75) is 32.6 Å². The highest BCUT2D eigenvalue weighted by atomic mass is 35.5. The number of aryl methyl sites for hydroxylation is 1. The van der Waals surface area contributed by atoms with Gasteiger partial charge < -0.3 is 14.3 Å². The number of benzene rings is 1. The van der Waals surface area contributed by atoms with E-state index >= 15 is 0 Å². The Bertz CT molecular complexity index is 1180. The van der Waals surface area contributed by atoms with Crippen LogP contribution in [-0.4, -0.2) is 29.9 Å². The van der Waals surface area contributed by atoms with Crippen molar-refractivity contribution in [3.05, 3.63) is 62.7 Å². The van der Waals surface area contributed by atoms with Crippen LogP contribution in [0, 0.1) is 0 Å². The lowest BCUT2D eigenvalue weighted by Gasteiger charge is -2.11. The van der Waals surface area contributed by atoms with Crippen molar-refractivity contribution in [2.24, 2.45) is 4.99 Å². The Morgan fingerprint density at radius 1 is 1.26 bits per heavy atom. The van der Waals surface area contributed by atoms with Crippen LogP contribution in [0.25, 0.3) is 11.3 Å². The Morgan fingerprint density at radius 2 is 2.06 bits per heavy atom. The molecule has 1 aromatic carbocycles. The first kappa shape index (κ1) is 21.3. The molecular weight excluding hydrogens is 438 g/mol. The molecule has 4 rings (SSSR count). The number of carboxylic acids is 1. The fraction of sp³-hybridized carbons (Fsp3) is 0.261. The highest BCUT2D eigenvalue weighted by molar-refractivity contribution is 7.16. The molecule has 0 radical (unpaired) electrons. The average molecular weight is 458 g/mol. The molecule has 0 saturated heterocycles. The van der Waals surface area contributed by atoms with E-state index in [0.717, 1.165) is 31.2 Å². The van der Waals surface area contributed by atoms with Crippen LogP contribution in [0.3, 0.4) is 0 Å². The largest absolute Gasteiger partial charge is 0.478 e. The van der Waals surface area contributed by atoms with Gasteiger partial charge in [-0.15, -0.1) is 11.3 Å². The predicted molar refractivity (Wildman–Crippen MR) is 120 cm³/mol. The minimum atomic E-state index is -1.08. The van der Waals surface area contributed by atoms with Crippen molar-refractivity contribution in [1.82, 2.24) is 0 Å². The number of aliphatic imine (C=N–C) groups is 1. The fourth-order valence-electron chi connectivity index (χ4n) is 3.60. The molecule has 31 heavy (non-hydrogen) atoms. The minimum Gasteiger partial charge on any atom is -0.478 e. The lowest BCUT2D eigenvalue weighted by molar-refractivity contribution is 0.0526. The molecule has 0 fully saturated rings. The second-order valence-corrected chi connectivity index (χ2v) is 8.56. The maximum atomic E-state index is 12.5. The first-order valence-electron chi connectivity index (χ1n) is 9.96. The second-order valence-electron chi connectivity index (χ2n) is 7.07. The normalized spacial score (nSPS) is 13.4. The summed E-state index contributed by atoms with van der Waals surface area (Å²) >= 11 is 7.58. The van der Waals surface area contributed by atoms with Crippen LogP contribution < -0.4 is 0 Å². The number of furan rings is 1. The van der Waals surface area contributed by atoms with Crippen molar-refractivity contribution < 1.29 is 23.8 Å². The molecule has 160 valence electrons. The van der Waals surface area contributed by atoms with Crippen molar-refractivity contribution in [2.75, 3.05) is 6.61 Å². The predicted octanol–water partition coefficient (Wildman–Crippen LogP) is 6.17. The number of carbonyl (C=O) groups excluding carboxylic acids is 1. The maximum Gasteiger partial charge on any atom is 0.341 e. The van der Waals surface area contributed by atoms with Gasteiger partial charge >= 0.3 is 11.9 Å². The lowest BCUT2D eigenvalue weighted by atomic mass is 9.95. The summed E-state index contributed by atoms with van der Waals surface area (Å²) in [7, 11) is 0. The van der Waals surface area contributed by atoms with Crippen LogP contribution in [0.15, 0.2) is 39.7 Å². The molecule has 1 aliphatic carbocycles. The molecule has 2 aromatic heterocycles. The van der Waals surface area contributed by atoms with E-state index in [1.54, 1.807) is 37.4 Å². The molecule has 0 bridgehead atoms. The molecule has 0 spiro atoms. The number of aromatic carboxylic acids is 1. The second kappa shape index (κ2) is 9.08. The van der Waals surface area contributed by atoms with E-state index < -0.39 is 5.97 Å². The fourth-order valence-corrected chi connectivity index (χ4v) is 5.08. The molecular formula is C23H20ClNO5S. The van der Waals surface area contributed by atoms with Crippen LogP contribution >= 0.6 is 22.9 Å². The number of ether oxygens (including phenoxy) is 1. The highest BCUT2D eigenvalue weighted by Crippen LogP contribution is 2.40. The summed E-state index contributed by atoms with van der Waals surface area (Å²) in [5.41, 5.74) is 2.33. The first-order valence-corrected chi connectivity index (χ1v) is 11.2. The van der Waals surface area contributed by atoms with E-state index in [1.165, 1.54) is 22.3 Å². The molecule has 0 atom stereocenters. The Balaban J connectivity index is 1.61. The SMILES string of the molecule is CCOC(=O)c1c(N=Cc2ccc(-c3ccc(C(=O)O)c(Cl)c3)o2)sc2c1CCCC2. The van der Waals surface area contributed by atoms with Gasteiger partial charge in [-0.05, 0) is 62.4 Å². The number of nitrogens with zero attached hydrogens (tertiary/aromatic N) is 1. The monoisotopic (exact) mass is 457 g/mol. The van der Waals surface area contributed by atoms with E-state index in [-0.39, 0.29) is 16.6 Å². The van der Waals surface area contributed by atoms with Crippen LogP contribution in [-0.2, 0) is 17.6 Å². The third kappa shape index (κ3) is 4.43. The molecule has 8 heteroatoms. The molecule has 0 unspecified atom stereocenters. The zero-order chi connectivity index (χ0) is 22.0. The lowest BCUT2D eigenvalue weighted by Crippen LogP contribution is -2.09. The zero-order valence-electron chi connectivity index (χ0n) is 16.8. The number of hydrogen-bond donors (Lipinski definition) is 1. The van der Waals surface area contributed by atoms with Gasteiger partial charge in [0.1, 0.15) is 16.5 Å². The average Bonchev–Trinajstić information content (AvgIpc) is 3.36. The molecule has 1 N–H and O–H groups in total. The number of thiophene rings is 1. The molecule has 1 aliphatic rings. The summed E-state index contributed by atoms with van der Waals surface area (Å²) in [4.78, 5) is 29.4. The number of rotatable bonds is 6. The van der Waals surface area contributed by atoms with Gasteiger partial charge in [0.15, 0.2) is 0 Å². The van der Waals surface area contributed by atoms with Gasteiger partial charge in [-0.1, -0.05) is 17.7 Å². The minimum absolute atomic E-state index is 0.0342. The van der Waals surface area contributed by atoms with E-state index in [9.17, 15) is 9.59 Å². The third-order valence-corrected chi connectivity index (χ3v) is 6.56. The van der Waals surface area contributed by atoms with Gasteiger partial charge in [0.2, 0.25) is 0 Å². The molecule has 0 amide bonds. The van der Waals surface area contributed by atoms with Gasteiger partial charge in [0, 0.05) is 10.4 Å². The van der Waals surface area contributed by atoms with Crippen LogP contribution in [0.4, 0.5) is 5.00 Å². The van der Waals surface area contributed by atoms with Crippen molar-refractivity contribution >= 4 is 46.1 Å². The van der Waals surface area contributed by atoms with Gasteiger partial charge in [0.25, 0.3) is 0 Å². The molecule has 0 saturated carbocycles. The number of hydrogen-bond acceptors (Lipinski definition) is 6. The van der Waals surface area contributed by atoms with Crippen LogP contribution in [0.1, 0.15) is 56.7 Å². The van der Waals surface area contributed by atoms with E-state index in [1.807, 2.05) is 0 Å². The quantitative estimate of drug-likeness (QED) is 0.353. The number of esters is 1. The summed E-state index contributed by atoms with van der Waals surface area (Å²) in [6, 6.07) is 8.16. The number of halogens is 1. The standard InChI is InChI=1S/C23H20ClNO5S/c1-2-29-23(28)20-16-5-3-4-6-19(16)31-21(20)25-12-14-8-10-18(30-14)13-7-9-15(22(26)27)17(24)11-13/h7-12H,2-6H2,1H3,(H,26,27). The van der Waals surface area contributed by atoms with E-state index in [4.69, 9.17) is 25.9 Å². The number of fused-ring (bicyclic) bond motifs is 1. The molecule has 3 aromatic rings. The van der Waals surface area contributed by atoms with Crippen LogP contribution in [0.2, 0.25) is 5.02 Å². The van der Waals surface area contributed by atoms with Gasteiger partial charge in [-0.3, -0.25) is 0 Å². The van der Waals surface area contributed by atoms with E-state index in [2.05, 4.69) is 4.99 Å². The smallest absolute Gasteiger partial charge is 0.341 e. The summed E-state index contributed by atoms with van der Waals surface area (Å²) in [5.74, 6) is -0.367. The van der Waals surface area contributed by atoms with Crippen LogP contribution in [0.5, 0.6) is 0 Å². The summed E-state index contributed by atoms with van der Waals surface area (Å²) in [5, 5.41) is 9.88. The van der Waals surface area contributed by atoms with Crippen molar-refractivity contribution in [3.8, 4) is 11.3 Å². The Hall–Kier alpha value is -2.90. The van der Waals surface area contributed by atoms with Crippen molar-refractivity contribution in [1.29, 1.82) is 0 Å². The first-order chi connectivity index (χ1) is 15.0. The summed E-state index contributed by atoms with van der Waals surface area (Å²) in [6.45, 7) is 2.11. The van der Waals surface area contributed by atoms with Gasteiger partial charge in [0.05, 0.1) is 29.0 Å². The molecule has 6 nitrogen and oxygen atoms in total.